The van der Waals surface area contributed by atoms with Gasteiger partial charge in [0.25, 0.3) is 0 Å². The molecule has 0 unspecified atom stereocenters. The second kappa shape index (κ2) is 4.45. The van der Waals surface area contributed by atoms with Gasteiger partial charge in [0.05, 0.1) is 9.80 Å². The molecule has 0 aliphatic heterocycles. The maximum Gasteiger partial charge on any atom is 0.355 e. The van der Waals surface area contributed by atoms with Crippen LogP contribution in [-0.2, 0) is 4.74 Å². The van der Waals surface area contributed by atoms with Crippen molar-refractivity contribution in [2.45, 2.75) is 20.0 Å². The lowest BCUT2D eigenvalue weighted by Gasteiger charge is -2.05. The number of hydrogen-bond acceptors (Lipinski definition) is 2. The number of H-pyrrole nitrogens is 1. The Balaban J connectivity index is 2.77. The van der Waals surface area contributed by atoms with Crippen LogP contribution in [0.1, 0.15) is 24.3 Å². The van der Waals surface area contributed by atoms with Gasteiger partial charge in [-0.3, -0.25) is 0 Å². The van der Waals surface area contributed by atoms with Gasteiger partial charge in [-0.25, -0.2) is 4.79 Å². The second-order valence-corrected chi connectivity index (χ2v) is 4.73. The van der Waals surface area contributed by atoms with E-state index in [-0.39, 0.29) is 12.1 Å². The summed E-state index contributed by atoms with van der Waals surface area (Å²) >= 11 is 5.41. The van der Waals surface area contributed by atoms with Gasteiger partial charge in [-0.15, -0.1) is 0 Å². The van der Waals surface area contributed by atoms with Gasteiger partial charge in [-0.2, -0.15) is 0 Å². The summed E-state index contributed by atoms with van der Waals surface area (Å²) in [5.41, 5.74) is 0.477. The zero-order valence-electron chi connectivity index (χ0n) is 7.23. The van der Waals surface area contributed by atoms with Gasteiger partial charge in [0.1, 0.15) is 5.69 Å². The first-order valence-electron chi connectivity index (χ1n) is 3.75. The van der Waals surface area contributed by atoms with E-state index in [1.54, 1.807) is 6.07 Å². The van der Waals surface area contributed by atoms with E-state index in [2.05, 4.69) is 43.5 Å². The maximum atomic E-state index is 11.3. The van der Waals surface area contributed by atoms with Gasteiger partial charge >= 0.3 is 5.97 Å². The summed E-state index contributed by atoms with van der Waals surface area (Å²) in [7, 11) is 0. The lowest BCUT2D eigenvalue weighted by molar-refractivity contribution is 0.0371. The summed E-state index contributed by atoms with van der Waals surface area (Å²) in [6.07, 6.45) is -0.0905. The van der Waals surface area contributed by atoms with Crippen LogP contribution in [0.3, 0.4) is 0 Å². The van der Waals surface area contributed by atoms with E-state index in [1.165, 1.54) is 0 Å². The van der Waals surface area contributed by atoms with Gasteiger partial charge in [-0.1, -0.05) is 0 Å². The molecule has 1 aromatic rings. The van der Waals surface area contributed by atoms with Crippen molar-refractivity contribution in [3.8, 4) is 0 Å². The third kappa shape index (κ3) is 2.98. The predicted octanol–water partition coefficient (Wildman–Crippen LogP) is 2.95. The summed E-state index contributed by atoms with van der Waals surface area (Å²) in [6, 6.07) is 1.71. The molecule has 0 spiro atoms. The summed E-state index contributed by atoms with van der Waals surface area (Å²) < 4.78 is 6.79. The number of halogens is 2. The van der Waals surface area contributed by atoms with Crippen molar-refractivity contribution in [2.24, 2.45) is 0 Å². The predicted molar refractivity (Wildman–Crippen MR) is 61.8 cm³/mol. The fourth-order valence-electron chi connectivity index (χ4n) is 0.792. The highest BCUT2D eigenvalue weighted by Gasteiger charge is 2.13. The number of aromatic amines is 1. The summed E-state index contributed by atoms with van der Waals surface area (Å²) in [5, 5.41) is 0. The van der Waals surface area contributed by atoms with Gasteiger partial charge in [0.2, 0.25) is 0 Å². The normalized spacial score (nSPS) is 10.5. The maximum absolute atomic E-state index is 11.3. The SMILES string of the molecule is CC(C)OC(=O)c1cc(Br)c(I)[nH]1. The first-order chi connectivity index (χ1) is 6.00. The fraction of sp³-hybridized carbons (Fsp3) is 0.375. The minimum atomic E-state index is -0.321. The molecule has 13 heavy (non-hydrogen) atoms. The highest BCUT2D eigenvalue weighted by molar-refractivity contribution is 14.1. The van der Waals surface area contributed by atoms with Crippen molar-refractivity contribution in [3.63, 3.8) is 0 Å². The molecule has 1 N–H and O–H groups in total. The first kappa shape index (κ1) is 11.0. The Labute approximate surface area is 98.5 Å². The number of hydrogen-bond donors (Lipinski definition) is 1. The van der Waals surface area contributed by atoms with Crippen molar-refractivity contribution in [1.29, 1.82) is 0 Å². The summed E-state index contributed by atoms with van der Waals surface area (Å²) in [6.45, 7) is 3.64. The van der Waals surface area contributed by atoms with Gasteiger partial charge < -0.3 is 9.72 Å². The molecular formula is C8H9BrINO2. The Morgan fingerprint density at radius 3 is 2.69 bits per heavy atom. The van der Waals surface area contributed by atoms with Crippen LogP contribution in [-0.4, -0.2) is 17.1 Å². The molecule has 0 aliphatic rings. The lowest BCUT2D eigenvalue weighted by Crippen LogP contribution is -2.11. The standard InChI is InChI=1S/C8H9BrINO2/c1-4(2)13-8(12)6-3-5(9)7(10)11-6/h3-4,11H,1-2H3. The topological polar surface area (TPSA) is 42.1 Å². The molecule has 1 aromatic heterocycles. The van der Waals surface area contributed by atoms with Gasteiger partial charge in [0.15, 0.2) is 0 Å². The zero-order chi connectivity index (χ0) is 10.0. The van der Waals surface area contributed by atoms with Crippen molar-refractivity contribution in [1.82, 2.24) is 4.98 Å². The average molecular weight is 358 g/mol. The number of esters is 1. The Kier molecular flexibility index (Phi) is 3.78. The number of nitrogens with one attached hydrogen (secondary N) is 1. The zero-order valence-corrected chi connectivity index (χ0v) is 11.0. The van der Waals surface area contributed by atoms with Crippen LogP contribution in [0.25, 0.3) is 0 Å². The van der Waals surface area contributed by atoms with E-state index < -0.39 is 0 Å². The third-order valence-corrected chi connectivity index (χ3v) is 3.51. The molecule has 0 saturated heterocycles. The van der Waals surface area contributed by atoms with Crippen LogP contribution in [0.4, 0.5) is 0 Å². The van der Waals surface area contributed by atoms with E-state index in [0.717, 1.165) is 8.17 Å². The number of rotatable bonds is 2. The minimum absolute atomic E-state index is 0.0905. The smallest absolute Gasteiger partial charge is 0.355 e. The first-order valence-corrected chi connectivity index (χ1v) is 5.63. The summed E-state index contributed by atoms with van der Waals surface area (Å²) in [4.78, 5) is 14.3. The number of aromatic nitrogens is 1. The molecule has 1 heterocycles. The van der Waals surface area contributed by atoms with Crippen LogP contribution >= 0.6 is 38.5 Å². The Morgan fingerprint density at radius 2 is 2.31 bits per heavy atom. The number of carbonyl (C=O) groups is 1. The monoisotopic (exact) mass is 357 g/mol. The number of carbonyl (C=O) groups excluding carboxylic acids is 1. The largest absolute Gasteiger partial charge is 0.458 e. The van der Waals surface area contributed by atoms with Crippen LogP contribution in [0.15, 0.2) is 10.5 Å². The average Bonchev–Trinajstić information content (AvgIpc) is 2.31. The Hall–Kier alpha value is -0.0400. The molecule has 3 nitrogen and oxygen atoms in total. The van der Waals surface area contributed by atoms with Crippen molar-refractivity contribution in [2.75, 3.05) is 0 Å². The van der Waals surface area contributed by atoms with E-state index in [0.29, 0.717) is 5.69 Å². The fourth-order valence-corrected chi connectivity index (χ4v) is 1.57. The molecular weight excluding hydrogens is 349 g/mol. The van der Waals surface area contributed by atoms with E-state index in [1.807, 2.05) is 13.8 Å². The quantitative estimate of drug-likeness (QED) is 0.653. The molecule has 5 heteroatoms. The van der Waals surface area contributed by atoms with E-state index in [9.17, 15) is 4.79 Å². The molecule has 0 radical (unpaired) electrons. The van der Waals surface area contributed by atoms with Crippen molar-refractivity contribution < 1.29 is 9.53 Å². The minimum Gasteiger partial charge on any atom is -0.458 e. The van der Waals surface area contributed by atoms with Crippen molar-refractivity contribution in [3.05, 3.63) is 19.9 Å². The number of ether oxygens (including phenoxy) is 1. The molecule has 0 bridgehead atoms. The molecule has 0 saturated carbocycles. The molecule has 0 fully saturated rings. The van der Waals surface area contributed by atoms with Crippen LogP contribution < -0.4 is 0 Å². The van der Waals surface area contributed by atoms with E-state index >= 15 is 0 Å². The van der Waals surface area contributed by atoms with Crippen LogP contribution in [0.2, 0.25) is 0 Å². The highest BCUT2D eigenvalue weighted by Crippen LogP contribution is 2.20. The molecule has 1 rings (SSSR count). The molecule has 0 aliphatic carbocycles. The van der Waals surface area contributed by atoms with E-state index in [4.69, 9.17) is 4.74 Å². The van der Waals surface area contributed by atoms with Crippen molar-refractivity contribution >= 4 is 44.5 Å². The second-order valence-electron chi connectivity index (χ2n) is 2.80. The van der Waals surface area contributed by atoms with Gasteiger partial charge in [0, 0.05) is 4.47 Å². The van der Waals surface area contributed by atoms with Crippen LogP contribution in [0, 0.1) is 3.70 Å². The molecule has 0 aromatic carbocycles. The lowest BCUT2D eigenvalue weighted by atomic mass is 10.4. The highest BCUT2D eigenvalue weighted by atomic mass is 127. The van der Waals surface area contributed by atoms with Crippen LogP contribution in [0.5, 0.6) is 0 Å². The summed E-state index contributed by atoms with van der Waals surface area (Å²) in [5.74, 6) is -0.321. The molecule has 72 valence electrons. The Morgan fingerprint density at radius 1 is 1.69 bits per heavy atom. The van der Waals surface area contributed by atoms with Gasteiger partial charge in [-0.05, 0) is 58.4 Å². The molecule has 0 atom stereocenters. The Bertz CT molecular complexity index is 302. The molecule has 0 amide bonds. The third-order valence-electron chi connectivity index (χ3n) is 1.29.